The van der Waals surface area contributed by atoms with E-state index in [1.807, 2.05) is 0 Å². The molecule has 76 valence electrons. The summed E-state index contributed by atoms with van der Waals surface area (Å²) in [4.78, 5) is 14.5. The van der Waals surface area contributed by atoms with E-state index in [1.165, 1.54) is 23.5 Å². The van der Waals surface area contributed by atoms with Gasteiger partial charge in [-0.3, -0.25) is 0 Å². The Morgan fingerprint density at radius 2 is 2.33 bits per heavy atom. The molecule has 0 radical (unpaired) electrons. The average Bonchev–Trinajstić information content (AvgIpc) is 2.71. The molecule has 0 saturated heterocycles. The average molecular weight is 221 g/mol. The Hall–Kier alpha value is -1.88. The minimum Gasteiger partial charge on any atom is -0.478 e. The molecule has 0 fully saturated rings. The van der Waals surface area contributed by atoms with E-state index in [1.54, 1.807) is 23.8 Å². The quantitative estimate of drug-likeness (QED) is 0.865. The maximum Gasteiger partial charge on any atom is 0.335 e. The first-order valence-electron chi connectivity index (χ1n) is 4.15. The van der Waals surface area contributed by atoms with Crippen LogP contribution in [0.15, 0.2) is 36.0 Å². The standard InChI is InChI=1S/C10H7NO3S/c12-10(13)7-2-1-3-8(4-7)14-9-5-11-6-15-9/h1-6H,(H,12,13). The van der Waals surface area contributed by atoms with Gasteiger partial charge >= 0.3 is 5.97 Å². The Kier molecular flexibility index (Phi) is 2.64. The van der Waals surface area contributed by atoms with Crippen LogP contribution in [-0.4, -0.2) is 16.1 Å². The largest absolute Gasteiger partial charge is 0.478 e. The van der Waals surface area contributed by atoms with Crippen LogP contribution in [-0.2, 0) is 0 Å². The van der Waals surface area contributed by atoms with Gasteiger partial charge in [0, 0.05) is 0 Å². The number of carboxylic acid groups (broad SMARTS) is 1. The molecule has 1 aromatic carbocycles. The molecule has 1 heterocycles. The van der Waals surface area contributed by atoms with Crippen molar-refractivity contribution in [3.63, 3.8) is 0 Å². The SMILES string of the molecule is O=C(O)c1cccc(Oc2cncs2)c1. The first-order valence-corrected chi connectivity index (χ1v) is 5.03. The molecule has 0 atom stereocenters. The number of ether oxygens (including phenoxy) is 1. The lowest BCUT2D eigenvalue weighted by atomic mass is 10.2. The van der Waals surface area contributed by atoms with E-state index < -0.39 is 5.97 Å². The minimum atomic E-state index is -0.968. The van der Waals surface area contributed by atoms with Crippen LogP contribution in [0.25, 0.3) is 0 Å². The number of hydrogen-bond donors (Lipinski definition) is 1. The summed E-state index contributed by atoms with van der Waals surface area (Å²) >= 11 is 1.35. The maximum atomic E-state index is 10.7. The van der Waals surface area contributed by atoms with Crippen LogP contribution in [0.1, 0.15) is 10.4 Å². The van der Waals surface area contributed by atoms with Crippen molar-refractivity contribution < 1.29 is 14.6 Å². The fourth-order valence-electron chi connectivity index (χ4n) is 1.06. The summed E-state index contributed by atoms with van der Waals surface area (Å²) in [5.41, 5.74) is 1.85. The van der Waals surface area contributed by atoms with Gasteiger partial charge in [0.2, 0.25) is 5.06 Å². The smallest absolute Gasteiger partial charge is 0.335 e. The van der Waals surface area contributed by atoms with Gasteiger partial charge in [-0.15, -0.1) is 0 Å². The number of aromatic carboxylic acids is 1. The van der Waals surface area contributed by atoms with E-state index in [0.29, 0.717) is 10.8 Å². The first-order chi connectivity index (χ1) is 7.25. The van der Waals surface area contributed by atoms with E-state index in [-0.39, 0.29) is 5.56 Å². The predicted octanol–water partition coefficient (Wildman–Crippen LogP) is 2.63. The number of nitrogens with zero attached hydrogens (tertiary/aromatic N) is 1. The highest BCUT2D eigenvalue weighted by Gasteiger charge is 2.04. The number of thiazole rings is 1. The summed E-state index contributed by atoms with van der Waals surface area (Å²) in [6.45, 7) is 0. The fraction of sp³-hybridized carbons (Fsp3) is 0. The number of rotatable bonds is 3. The maximum absolute atomic E-state index is 10.7. The van der Waals surface area contributed by atoms with Crippen molar-refractivity contribution in [2.24, 2.45) is 0 Å². The zero-order valence-electron chi connectivity index (χ0n) is 7.58. The van der Waals surface area contributed by atoms with E-state index in [4.69, 9.17) is 9.84 Å². The highest BCUT2D eigenvalue weighted by atomic mass is 32.1. The molecule has 0 bridgehead atoms. The molecule has 2 rings (SSSR count). The molecule has 0 amide bonds. The molecule has 0 spiro atoms. The second kappa shape index (κ2) is 4.10. The van der Waals surface area contributed by atoms with Gasteiger partial charge in [0.15, 0.2) is 0 Å². The normalized spacial score (nSPS) is 9.87. The molecule has 0 saturated carbocycles. The topological polar surface area (TPSA) is 59.4 Å². The molecular formula is C10H7NO3S. The van der Waals surface area contributed by atoms with Crippen LogP contribution in [0.2, 0.25) is 0 Å². The number of aromatic nitrogens is 1. The van der Waals surface area contributed by atoms with E-state index in [0.717, 1.165) is 0 Å². The van der Waals surface area contributed by atoms with E-state index >= 15 is 0 Å². The lowest BCUT2D eigenvalue weighted by molar-refractivity contribution is 0.0696. The second-order valence-corrected chi connectivity index (χ2v) is 3.60. The number of benzene rings is 1. The fourth-order valence-corrected chi connectivity index (χ4v) is 1.55. The van der Waals surface area contributed by atoms with Crippen LogP contribution in [0, 0.1) is 0 Å². The van der Waals surface area contributed by atoms with Gasteiger partial charge in [-0.1, -0.05) is 17.4 Å². The van der Waals surface area contributed by atoms with Gasteiger partial charge in [-0.2, -0.15) is 0 Å². The van der Waals surface area contributed by atoms with Crippen LogP contribution < -0.4 is 4.74 Å². The Morgan fingerprint density at radius 3 is 3.00 bits per heavy atom. The van der Waals surface area contributed by atoms with Crippen molar-refractivity contribution >= 4 is 17.3 Å². The van der Waals surface area contributed by atoms with Crippen LogP contribution in [0.5, 0.6) is 10.8 Å². The summed E-state index contributed by atoms with van der Waals surface area (Å²) in [6, 6.07) is 6.33. The highest BCUT2D eigenvalue weighted by molar-refractivity contribution is 7.11. The van der Waals surface area contributed by atoms with Crippen molar-refractivity contribution in [2.75, 3.05) is 0 Å². The van der Waals surface area contributed by atoms with E-state index in [2.05, 4.69) is 4.98 Å². The Morgan fingerprint density at radius 1 is 1.47 bits per heavy atom. The van der Waals surface area contributed by atoms with Gasteiger partial charge in [-0.25, -0.2) is 9.78 Å². The Bertz CT molecular complexity index is 467. The molecule has 4 nitrogen and oxygen atoms in total. The summed E-state index contributed by atoms with van der Waals surface area (Å²) in [5.74, 6) is -0.469. The molecular weight excluding hydrogens is 214 g/mol. The van der Waals surface area contributed by atoms with Gasteiger partial charge < -0.3 is 9.84 Å². The number of carbonyl (C=O) groups is 1. The van der Waals surface area contributed by atoms with Crippen molar-refractivity contribution in [1.29, 1.82) is 0 Å². The molecule has 15 heavy (non-hydrogen) atoms. The Balaban J connectivity index is 2.22. The monoisotopic (exact) mass is 221 g/mol. The van der Waals surface area contributed by atoms with Gasteiger partial charge in [0.05, 0.1) is 17.3 Å². The summed E-state index contributed by atoms with van der Waals surface area (Å²) in [7, 11) is 0. The summed E-state index contributed by atoms with van der Waals surface area (Å²) in [5, 5.41) is 9.41. The van der Waals surface area contributed by atoms with Gasteiger partial charge in [0.1, 0.15) is 5.75 Å². The molecule has 1 aromatic heterocycles. The summed E-state index contributed by atoms with van der Waals surface area (Å²) in [6.07, 6.45) is 1.58. The van der Waals surface area contributed by atoms with Crippen molar-refractivity contribution in [3.8, 4) is 10.8 Å². The van der Waals surface area contributed by atoms with Crippen molar-refractivity contribution in [3.05, 3.63) is 41.5 Å². The Labute approximate surface area is 89.8 Å². The van der Waals surface area contributed by atoms with E-state index in [9.17, 15) is 4.79 Å². The van der Waals surface area contributed by atoms with Crippen molar-refractivity contribution in [1.82, 2.24) is 4.98 Å². The van der Waals surface area contributed by atoms with Crippen molar-refractivity contribution in [2.45, 2.75) is 0 Å². The lowest BCUT2D eigenvalue weighted by Gasteiger charge is -2.02. The third kappa shape index (κ3) is 2.32. The number of hydrogen-bond acceptors (Lipinski definition) is 4. The van der Waals surface area contributed by atoms with Gasteiger partial charge in [-0.05, 0) is 18.2 Å². The molecule has 0 unspecified atom stereocenters. The highest BCUT2D eigenvalue weighted by Crippen LogP contribution is 2.25. The lowest BCUT2D eigenvalue weighted by Crippen LogP contribution is -1.95. The third-order valence-electron chi connectivity index (χ3n) is 1.71. The first kappa shape index (κ1) is 9.67. The molecule has 0 aliphatic carbocycles. The van der Waals surface area contributed by atoms with Gasteiger partial charge in [0.25, 0.3) is 0 Å². The zero-order valence-corrected chi connectivity index (χ0v) is 8.40. The summed E-state index contributed by atoms with van der Waals surface area (Å²) < 4.78 is 5.40. The molecule has 1 N–H and O–H groups in total. The third-order valence-corrected chi connectivity index (χ3v) is 2.36. The zero-order chi connectivity index (χ0) is 10.7. The van der Waals surface area contributed by atoms with Crippen LogP contribution in [0.3, 0.4) is 0 Å². The molecule has 0 aliphatic rings. The second-order valence-electron chi connectivity index (χ2n) is 2.76. The predicted molar refractivity (Wildman–Crippen MR) is 55.6 cm³/mol. The minimum absolute atomic E-state index is 0.206. The van der Waals surface area contributed by atoms with Crippen LogP contribution >= 0.6 is 11.3 Å². The molecule has 5 heteroatoms. The van der Waals surface area contributed by atoms with Crippen LogP contribution in [0.4, 0.5) is 0 Å². The molecule has 0 aliphatic heterocycles. The number of carboxylic acids is 1. The molecule has 2 aromatic rings.